The normalized spacial score (nSPS) is 16.2. The van der Waals surface area contributed by atoms with Crippen LogP contribution >= 0.6 is 0 Å². The zero-order chi connectivity index (χ0) is 21.7. The van der Waals surface area contributed by atoms with E-state index in [2.05, 4.69) is 43.0 Å². The molecule has 0 aromatic carbocycles. The van der Waals surface area contributed by atoms with Crippen LogP contribution in [-0.4, -0.2) is 29.1 Å². The van der Waals surface area contributed by atoms with Crippen molar-refractivity contribution in [1.29, 1.82) is 0 Å². The van der Waals surface area contributed by atoms with E-state index in [9.17, 15) is 0 Å². The van der Waals surface area contributed by atoms with E-state index in [-0.39, 0.29) is 0 Å². The fourth-order valence-electron chi connectivity index (χ4n) is 4.76. The summed E-state index contributed by atoms with van der Waals surface area (Å²) in [6.45, 7) is 9.44. The van der Waals surface area contributed by atoms with Gasteiger partial charge in [-0.25, -0.2) is 0 Å². The third-order valence-corrected chi connectivity index (χ3v) is 6.82. The lowest BCUT2D eigenvalue weighted by atomic mass is 10.1. The van der Waals surface area contributed by atoms with Gasteiger partial charge in [0.1, 0.15) is 6.17 Å². The van der Waals surface area contributed by atoms with Crippen molar-refractivity contribution >= 4 is 0 Å². The average Bonchev–Trinajstić information content (AvgIpc) is 3.14. The van der Waals surface area contributed by atoms with Gasteiger partial charge in [-0.1, -0.05) is 124 Å². The van der Waals surface area contributed by atoms with Crippen molar-refractivity contribution in [3.63, 3.8) is 0 Å². The van der Waals surface area contributed by atoms with E-state index in [4.69, 9.17) is 0 Å². The van der Waals surface area contributed by atoms with Gasteiger partial charge in [0, 0.05) is 25.5 Å². The van der Waals surface area contributed by atoms with Gasteiger partial charge in [0.2, 0.25) is 0 Å². The third-order valence-electron chi connectivity index (χ3n) is 6.82. The molecule has 178 valence electrons. The highest BCUT2D eigenvalue weighted by Gasteiger charge is 2.24. The second kappa shape index (κ2) is 20.3. The Morgan fingerprint density at radius 2 is 0.767 bits per heavy atom. The van der Waals surface area contributed by atoms with Gasteiger partial charge in [-0.2, -0.15) is 0 Å². The summed E-state index contributed by atoms with van der Waals surface area (Å²) in [5, 5.41) is 0. The van der Waals surface area contributed by atoms with E-state index >= 15 is 0 Å². The van der Waals surface area contributed by atoms with E-state index < -0.39 is 0 Å². The summed E-state index contributed by atoms with van der Waals surface area (Å²) in [7, 11) is 0. The lowest BCUT2D eigenvalue weighted by molar-refractivity contribution is 0.136. The van der Waals surface area contributed by atoms with Crippen LogP contribution in [0.1, 0.15) is 149 Å². The summed E-state index contributed by atoms with van der Waals surface area (Å²) in [6, 6.07) is 0. The van der Waals surface area contributed by atoms with E-state index in [1.807, 2.05) is 0 Å². The van der Waals surface area contributed by atoms with Crippen LogP contribution in [0.25, 0.3) is 0 Å². The zero-order valence-corrected chi connectivity index (χ0v) is 21.2. The second-order valence-corrected chi connectivity index (χ2v) is 9.70. The summed E-state index contributed by atoms with van der Waals surface area (Å²) in [5.41, 5.74) is 0. The van der Waals surface area contributed by atoms with Crippen molar-refractivity contribution in [3.05, 3.63) is 12.4 Å². The quantitative estimate of drug-likeness (QED) is 0.161. The lowest BCUT2D eigenvalue weighted by Gasteiger charge is -2.33. The Morgan fingerprint density at radius 1 is 0.433 bits per heavy atom. The first kappa shape index (κ1) is 27.4. The van der Waals surface area contributed by atoms with E-state index in [1.54, 1.807) is 0 Å². The highest BCUT2D eigenvalue weighted by molar-refractivity contribution is 4.96. The van der Waals surface area contributed by atoms with Crippen molar-refractivity contribution in [1.82, 2.24) is 9.80 Å². The molecule has 1 aliphatic rings. The Hall–Kier alpha value is -0.660. The minimum atomic E-state index is 0.642. The highest BCUT2D eigenvalue weighted by Crippen LogP contribution is 2.23. The maximum Gasteiger partial charge on any atom is 0.101 e. The van der Waals surface area contributed by atoms with Crippen LogP contribution in [0, 0.1) is 0 Å². The monoisotopic (exact) mass is 420 g/mol. The van der Waals surface area contributed by atoms with Crippen molar-refractivity contribution in [3.8, 4) is 0 Å². The Labute approximate surface area is 190 Å². The summed E-state index contributed by atoms with van der Waals surface area (Å²) in [4.78, 5) is 5.29. The van der Waals surface area contributed by atoms with E-state index in [0.29, 0.717) is 6.17 Å². The fraction of sp³-hybridized carbons (Fsp3) is 0.929. The molecule has 0 N–H and O–H groups in total. The molecule has 1 rings (SSSR count). The Bertz CT molecular complexity index is 379. The van der Waals surface area contributed by atoms with Crippen LogP contribution in [-0.2, 0) is 0 Å². The van der Waals surface area contributed by atoms with Gasteiger partial charge in [0.25, 0.3) is 0 Å². The fourth-order valence-corrected chi connectivity index (χ4v) is 4.76. The van der Waals surface area contributed by atoms with Gasteiger partial charge >= 0.3 is 0 Å². The zero-order valence-electron chi connectivity index (χ0n) is 21.2. The molecule has 0 aromatic rings. The molecule has 0 bridgehead atoms. The topological polar surface area (TPSA) is 6.48 Å². The maximum absolute atomic E-state index is 2.65. The molecule has 1 aliphatic heterocycles. The van der Waals surface area contributed by atoms with Crippen molar-refractivity contribution < 1.29 is 0 Å². The molecule has 0 fully saturated rings. The Kier molecular flexibility index (Phi) is 18.5. The largest absolute Gasteiger partial charge is 0.356 e. The van der Waals surface area contributed by atoms with Crippen molar-refractivity contribution in [2.24, 2.45) is 0 Å². The molecule has 2 heteroatoms. The van der Waals surface area contributed by atoms with Gasteiger partial charge in [-0.3, -0.25) is 0 Å². The first-order valence-corrected chi connectivity index (χ1v) is 14.0. The molecule has 0 saturated carbocycles. The van der Waals surface area contributed by atoms with Gasteiger partial charge in [-0.15, -0.1) is 0 Å². The molecule has 0 spiro atoms. The number of unbranched alkanes of at least 4 members (excludes halogenated alkanes) is 16. The number of rotatable bonds is 22. The minimum Gasteiger partial charge on any atom is -0.356 e. The molecule has 30 heavy (non-hydrogen) atoms. The van der Waals surface area contributed by atoms with Crippen LogP contribution in [0.5, 0.6) is 0 Å². The third kappa shape index (κ3) is 13.6. The van der Waals surface area contributed by atoms with Crippen LogP contribution in [0.15, 0.2) is 12.4 Å². The molecule has 1 heterocycles. The van der Waals surface area contributed by atoms with Crippen LogP contribution in [0.3, 0.4) is 0 Å². The first-order chi connectivity index (χ1) is 14.8. The molecule has 2 nitrogen and oxygen atoms in total. The van der Waals surface area contributed by atoms with Crippen molar-refractivity contribution in [2.75, 3.05) is 13.1 Å². The maximum atomic E-state index is 2.65. The van der Waals surface area contributed by atoms with Gasteiger partial charge in [0.05, 0.1) is 0 Å². The number of hydrogen-bond acceptors (Lipinski definition) is 2. The SMILES string of the molecule is CCCCCCCCCCCCCCN1C=CN(CCCCCCC)C1CCCC. The standard InChI is InChI=1S/C28H56N2/c1-4-7-10-12-13-14-15-16-17-18-20-22-25-30-27-26-29(28(30)23-9-6-3)24-21-19-11-8-5-2/h26-28H,4-25H2,1-3H3. The predicted molar refractivity (Wildman–Crippen MR) is 136 cm³/mol. The Morgan fingerprint density at radius 3 is 1.13 bits per heavy atom. The molecular formula is C28H56N2. The molecular weight excluding hydrogens is 364 g/mol. The summed E-state index contributed by atoms with van der Waals surface area (Å²) >= 11 is 0. The highest BCUT2D eigenvalue weighted by atomic mass is 15.4. The van der Waals surface area contributed by atoms with Gasteiger partial charge in [-0.05, 0) is 25.7 Å². The van der Waals surface area contributed by atoms with Gasteiger partial charge in [0.15, 0.2) is 0 Å². The lowest BCUT2D eigenvalue weighted by Crippen LogP contribution is -2.39. The van der Waals surface area contributed by atoms with Crippen LogP contribution in [0.4, 0.5) is 0 Å². The van der Waals surface area contributed by atoms with Gasteiger partial charge < -0.3 is 9.80 Å². The molecule has 0 aromatic heterocycles. The molecule has 1 unspecified atom stereocenters. The summed E-state index contributed by atoms with van der Waals surface area (Å²) in [6.07, 6.45) is 33.6. The molecule has 1 atom stereocenters. The van der Waals surface area contributed by atoms with E-state index in [1.165, 1.54) is 142 Å². The molecule has 0 saturated heterocycles. The first-order valence-electron chi connectivity index (χ1n) is 14.0. The van der Waals surface area contributed by atoms with Crippen LogP contribution < -0.4 is 0 Å². The van der Waals surface area contributed by atoms with E-state index in [0.717, 1.165) is 0 Å². The number of nitrogens with zero attached hydrogens (tertiary/aromatic N) is 2. The summed E-state index contributed by atoms with van der Waals surface area (Å²) < 4.78 is 0. The smallest absolute Gasteiger partial charge is 0.101 e. The number of hydrogen-bond donors (Lipinski definition) is 0. The molecule has 0 amide bonds. The molecule has 0 radical (unpaired) electrons. The Balaban J connectivity index is 2.08. The summed E-state index contributed by atoms with van der Waals surface area (Å²) in [5.74, 6) is 0. The van der Waals surface area contributed by atoms with Crippen LogP contribution in [0.2, 0.25) is 0 Å². The predicted octanol–water partition coefficient (Wildman–Crippen LogP) is 9.26. The average molecular weight is 421 g/mol. The van der Waals surface area contributed by atoms with Crippen molar-refractivity contribution in [2.45, 2.75) is 155 Å². The minimum absolute atomic E-state index is 0.642. The molecule has 0 aliphatic carbocycles. The second-order valence-electron chi connectivity index (χ2n) is 9.70.